The van der Waals surface area contributed by atoms with Crippen LogP contribution in [0.25, 0.3) is 0 Å². The average Bonchev–Trinajstić information content (AvgIpc) is 2.97. The normalized spacial score (nSPS) is 11.2. The molecule has 0 saturated heterocycles. The van der Waals surface area contributed by atoms with Crippen molar-refractivity contribution in [1.29, 1.82) is 0 Å². The molecule has 0 aromatic heterocycles. The molecule has 4 aromatic carbocycles. The molecule has 4 aromatic rings. The molecule has 0 fully saturated rings. The summed E-state index contributed by atoms with van der Waals surface area (Å²) < 4.78 is 44.3. The summed E-state index contributed by atoms with van der Waals surface area (Å²) in [6.07, 6.45) is -3.70. The van der Waals surface area contributed by atoms with Crippen LogP contribution in [0, 0.1) is 17.0 Å². The Hall–Kier alpha value is -5.85. The van der Waals surface area contributed by atoms with Crippen molar-refractivity contribution in [3.63, 3.8) is 0 Å². The molecule has 0 aliphatic carbocycles. The van der Waals surface area contributed by atoms with Gasteiger partial charge in [-0.15, -0.1) is 0 Å². The fourth-order valence-electron chi connectivity index (χ4n) is 3.74. The average molecular weight is 591 g/mol. The third-order valence-electron chi connectivity index (χ3n) is 5.89. The van der Waals surface area contributed by atoms with Crippen LogP contribution in [0.4, 0.5) is 24.5 Å². The van der Waals surface area contributed by atoms with Gasteiger partial charge in [0.1, 0.15) is 5.75 Å². The van der Waals surface area contributed by atoms with Gasteiger partial charge in [-0.3, -0.25) is 19.7 Å². The molecule has 0 aliphatic rings. The van der Waals surface area contributed by atoms with Crippen molar-refractivity contribution >= 4 is 35.4 Å². The van der Waals surface area contributed by atoms with Gasteiger partial charge in [0.15, 0.2) is 0 Å². The third-order valence-corrected chi connectivity index (χ3v) is 5.89. The van der Waals surface area contributed by atoms with Crippen LogP contribution in [0.3, 0.4) is 0 Å². The van der Waals surface area contributed by atoms with E-state index in [9.17, 15) is 37.7 Å². The Morgan fingerprint density at radius 2 is 1.56 bits per heavy atom. The molecule has 0 aliphatic heterocycles. The predicted octanol–water partition coefficient (Wildman–Crippen LogP) is 6.16. The number of alkyl halides is 3. The first-order chi connectivity index (χ1) is 20.4. The van der Waals surface area contributed by atoms with E-state index in [1.54, 1.807) is 18.2 Å². The molecule has 10 nitrogen and oxygen atoms in total. The number of carbonyl (C=O) groups excluding carboxylic acids is 3. The Morgan fingerprint density at radius 1 is 0.860 bits per heavy atom. The standard InChI is InChI=1S/C30H21F3N4O6/c1-18-4-2-5-20(14-18)27(38)35-24-10-8-19(9-11-24)28(39)36-34-17-22-16-25(37(41)42)12-13-26(22)43-29(40)21-6-3-7-23(15-21)30(31,32)33/h2-17H,1H3,(H,35,38)(H,36,39)/b34-17+. The van der Waals surface area contributed by atoms with Crippen LogP contribution in [0.5, 0.6) is 5.75 Å². The summed E-state index contributed by atoms with van der Waals surface area (Å²) in [5, 5.41) is 17.7. The van der Waals surface area contributed by atoms with Crippen molar-refractivity contribution < 1.29 is 37.2 Å². The summed E-state index contributed by atoms with van der Waals surface area (Å²) in [6, 6.07) is 19.6. The van der Waals surface area contributed by atoms with E-state index in [-0.39, 0.29) is 22.8 Å². The van der Waals surface area contributed by atoms with E-state index in [0.29, 0.717) is 17.3 Å². The Labute approximate surface area is 242 Å². The Morgan fingerprint density at radius 3 is 2.23 bits per heavy atom. The highest BCUT2D eigenvalue weighted by atomic mass is 19.4. The number of rotatable bonds is 8. The molecule has 43 heavy (non-hydrogen) atoms. The summed E-state index contributed by atoms with van der Waals surface area (Å²) in [4.78, 5) is 48.1. The van der Waals surface area contributed by atoms with E-state index in [2.05, 4.69) is 15.8 Å². The number of hydrazone groups is 1. The lowest BCUT2D eigenvalue weighted by Crippen LogP contribution is -2.18. The zero-order valence-electron chi connectivity index (χ0n) is 22.2. The zero-order chi connectivity index (χ0) is 31.1. The van der Waals surface area contributed by atoms with Crippen molar-refractivity contribution in [3.8, 4) is 5.75 Å². The van der Waals surface area contributed by atoms with Gasteiger partial charge >= 0.3 is 12.1 Å². The number of nitrogens with one attached hydrogen (secondary N) is 2. The molecule has 218 valence electrons. The third kappa shape index (κ3) is 7.88. The SMILES string of the molecule is Cc1cccc(C(=O)Nc2ccc(C(=O)N/N=C/c3cc([N+](=O)[O-])ccc3OC(=O)c3cccc(C(F)(F)F)c3)cc2)c1. The molecule has 0 radical (unpaired) electrons. The first-order valence-corrected chi connectivity index (χ1v) is 12.4. The number of ether oxygens (including phenoxy) is 1. The molecule has 0 heterocycles. The van der Waals surface area contributed by atoms with Crippen LogP contribution >= 0.6 is 0 Å². The maximum absolute atomic E-state index is 13.0. The van der Waals surface area contributed by atoms with Crippen LogP contribution in [-0.4, -0.2) is 28.9 Å². The van der Waals surface area contributed by atoms with E-state index < -0.39 is 39.8 Å². The molecule has 4 rings (SSSR count). The van der Waals surface area contributed by atoms with Crippen molar-refractivity contribution in [2.24, 2.45) is 5.10 Å². The summed E-state index contributed by atoms with van der Waals surface area (Å²) in [7, 11) is 0. The number of carbonyl (C=O) groups is 3. The topological polar surface area (TPSA) is 140 Å². The molecular weight excluding hydrogens is 569 g/mol. The second-order valence-electron chi connectivity index (χ2n) is 9.05. The second-order valence-corrected chi connectivity index (χ2v) is 9.05. The van der Waals surface area contributed by atoms with Gasteiger partial charge in [-0.05, 0) is 67.6 Å². The number of anilines is 1. The number of nitro benzene ring substituents is 1. The number of nitro groups is 1. The molecule has 2 N–H and O–H groups in total. The quantitative estimate of drug-likeness (QED) is 0.0829. The van der Waals surface area contributed by atoms with Crippen LogP contribution < -0.4 is 15.5 Å². The van der Waals surface area contributed by atoms with E-state index in [4.69, 9.17) is 4.74 Å². The van der Waals surface area contributed by atoms with E-state index in [1.165, 1.54) is 24.3 Å². The van der Waals surface area contributed by atoms with Gasteiger partial charge in [-0.1, -0.05) is 23.8 Å². The number of nitrogens with zero attached hydrogens (tertiary/aromatic N) is 2. The van der Waals surface area contributed by atoms with Gasteiger partial charge in [0.05, 0.1) is 22.3 Å². The molecule has 0 atom stereocenters. The molecular formula is C30H21F3N4O6. The van der Waals surface area contributed by atoms with Crippen LogP contribution in [0.1, 0.15) is 47.8 Å². The summed E-state index contributed by atoms with van der Waals surface area (Å²) in [5.74, 6) is -2.39. The fraction of sp³-hybridized carbons (Fsp3) is 0.0667. The molecule has 2 amide bonds. The van der Waals surface area contributed by atoms with Crippen LogP contribution in [0.2, 0.25) is 0 Å². The van der Waals surface area contributed by atoms with Gasteiger partial charge < -0.3 is 10.1 Å². The minimum atomic E-state index is -4.69. The number of hydrogen-bond donors (Lipinski definition) is 2. The van der Waals surface area contributed by atoms with E-state index >= 15 is 0 Å². The lowest BCUT2D eigenvalue weighted by atomic mass is 10.1. The predicted molar refractivity (Wildman–Crippen MR) is 150 cm³/mol. The molecule has 0 unspecified atom stereocenters. The largest absolute Gasteiger partial charge is 0.422 e. The van der Waals surface area contributed by atoms with Gasteiger partial charge in [0.25, 0.3) is 17.5 Å². The maximum atomic E-state index is 13.0. The van der Waals surface area contributed by atoms with E-state index in [0.717, 1.165) is 48.2 Å². The van der Waals surface area contributed by atoms with Gasteiger partial charge in [-0.25, -0.2) is 10.2 Å². The van der Waals surface area contributed by atoms with Crippen molar-refractivity contribution in [2.75, 3.05) is 5.32 Å². The van der Waals surface area contributed by atoms with Crippen molar-refractivity contribution in [3.05, 3.63) is 134 Å². The second kappa shape index (κ2) is 12.8. The maximum Gasteiger partial charge on any atom is 0.416 e. The Kier molecular flexibility index (Phi) is 8.94. The van der Waals surface area contributed by atoms with Gasteiger partial charge in [0.2, 0.25) is 0 Å². The number of esters is 1. The molecule has 0 bridgehead atoms. The molecule has 0 spiro atoms. The number of benzene rings is 4. The lowest BCUT2D eigenvalue weighted by Gasteiger charge is -2.10. The fourth-order valence-corrected chi connectivity index (χ4v) is 3.74. The Balaban J connectivity index is 1.45. The number of hydrogen-bond acceptors (Lipinski definition) is 7. The summed E-state index contributed by atoms with van der Waals surface area (Å²) >= 11 is 0. The highest BCUT2D eigenvalue weighted by Crippen LogP contribution is 2.30. The number of aryl methyl sites for hydroxylation is 1. The number of halogens is 3. The first kappa shape index (κ1) is 30.1. The van der Waals surface area contributed by atoms with Crippen molar-refractivity contribution in [1.82, 2.24) is 5.43 Å². The van der Waals surface area contributed by atoms with Crippen LogP contribution in [-0.2, 0) is 6.18 Å². The molecule has 0 saturated carbocycles. The highest BCUT2D eigenvalue weighted by Gasteiger charge is 2.31. The lowest BCUT2D eigenvalue weighted by molar-refractivity contribution is -0.384. The van der Waals surface area contributed by atoms with E-state index in [1.807, 2.05) is 13.0 Å². The van der Waals surface area contributed by atoms with Gasteiger partial charge in [-0.2, -0.15) is 18.3 Å². The van der Waals surface area contributed by atoms with Crippen LogP contribution in [0.15, 0.2) is 96.1 Å². The van der Waals surface area contributed by atoms with Gasteiger partial charge in [0, 0.05) is 34.5 Å². The number of non-ortho nitro benzene ring substituents is 1. The summed E-state index contributed by atoms with van der Waals surface area (Å²) in [6.45, 7) is 1.86. The van der Waals surface area contributed by atoms with Crippen molar-refractivity contribution in [2.45, 2.75) is 13.1 Å². The Bertz CT molecular complexity index is 1740. The minimum Gasteiger partial charge on any atom is -0.422 e. The summed E-state index contributed by atoms with van der Waals surface area (Å²) in [5.41, 5.74) is 2.27. The first-order valence-electron chi connectivity index (χ1n) is 12.4. The minimum absolute atomic E-state index is 0.107. The smallest absolute Gasteiger partial charge is 0.416 e. The zero-order valence-corrected chi connectivity index (χ0v) is 22.2. The number of amides is 2. The monoisotopic (exact) mass is 590 g/mol. The highest BCUT2D eigenvalue weighted by molar-refractivity contribution is 6.04. The molecule has 13 heteroatoms.